The average Bonchev–Trinajstić information content (AvgIpc) is 2.95. The van der Waals surface area contributed by atoms with Crippen molar-refractivity contribution in [1.82, 2.24) is 20.4 Å². The highest BCUT2D eigenvalue weighted by Crippen LogP contribution is 2.27. The molecule has 2 fully saturated rings. The third kappa shape index (κ3) is 9.57. The number of hydrogen-bond donors (Lipinski definition) is 2. The second-order valence-electron chi connectivity index (χ2n) is 10.7. The van der Waals surface area contributed by atoms with Gasteiger partial charge in [0.05, 0.1) is 0 Å². The molecular weight excluding hydrogens is 493 g/mol. The molecule has 2 saturated heterocycles. The lowest BCUT2D eigenvalue weighted by Crippen LogP contribution is -2.45. The quantitative estimate of drug-likeness (QED) is 0.373. The van der Waals surface area contributed by atoms with E-state index in [2.05, 4.69) is 81.1 Å². The van der Waals surface area contributed by atoms with Gasteiger partial charge in [0.2, 0.25) is 0 Å². The van der Waals surface area contributed by atoms with Crippen LogP contribution in [0.4, 0.5) is 0 Å². The Hall–Kier alpha value is -2.18. The van der Waals surface area contributed by atoms with E-state index in [-0.39, 0.29) is 0 Å². The van der Waals surface area contributed by atoms with Crippen molar-refractivity contribution >= 4 is 34.7 Å². The molecule has 4 rings (SSSR count). The Kier molecular flexibility index (Phi) is 11.5. The van der Waals surface area contributed by atoms with Crippen LogP contribution in [0.25, 0.3) is 0 Å². The Morgan fingerprint density at radius 1 is 0.622 bits per heavy atom. The molecule has 37 heavy (non-hydrogen) atoms. The van der Waals surface area contributed by atoms with Crippen molar-refractivity contribution in [1.29, 1.82) is 0 Å². The van der Waals surface area contributed by atoms with Crippen LogP contribution in [0.2, 0.25) is 0 Å². The highest BCUT2D eigenvalue weighted by Gasteiger charge is 2.23. The largest absolute Gasteiger partial charge is 0.362 e. The number of hydrogen-bond acceptors (Lipinski definition) is 2. The van der Waals surface area contributed by atoms with E-state index in [1.54, 1.807) is 0 Å². The number of benzene rings is 2. The second kappa shape index (κ2) is 15.3. The first kappa shape index (κ1) is 27.8. The van der Waals surface area contributed by atoms with Crippen LogP contribution in [0.5, 0.6) is 0 Å². The van der Waals surface area contributed by atoms with E-state index >= 15 is 0 Å². The van der Waals surface area contributed by atoms with Crippen molar-refractivity contribution in [3.8, 4) is 0 Å². The molecule has 0 saturated carbocycles. The molecule has 2 heterocycles. The fourth-order valence-corrected chi connectivity index (χ4v) is 6.25. The molecule has 0 spiro atoms. The average molecular weight is 537 g/mol. The fourth-order valence-electron chi connectivity index (χ4n) is 5.69. The van der Waals surface area contributed by atoms with Crippen LogP contribution >= 0.6 is 24.4 Å². The predicted molar refractivity (Wildman–Crippen MR) is 164 cm³/mol. The van der Waals surface area contributed by atoms with E-state index in [9.17, 15) is 0 Å². The maximum absolute atomic E-state index is 5.67. The van der Waals surface area contributed by atoms with Gasteiger partial charge >= 0.3 is 0 Å². The molecule has 2 N–H and O–H groups in total. The first-order valence-corrected chi connectivity index (χ1v) is 15.1. The van der Waals surface area contributed by atoms with Crippen LogP contribution < -0.4 is 10.6 Å². The Bertz CT molecular complexity index is 859. The summed E-state index contributed by atoms with van der Waals surface area (Å²) in [5, 5.41) is 8.82. The third-order valence-corrected chi connectivity index (χ3v) is 8.90. The molecule has 2 aliphatic rings. The monoisotopic (exact) mass is 536 g/mol. The van der Waals surface area contributed by atoms with Crippen molar-refractivity contribution in [2.45, 2.75) is 57.8 Å². The topological polar surface area (TPSA) is 30.5 Å². The highest BCUT2D eigenvalue weighted by molar-refractivity contribution is 7.80. The molecule has 2 aromatic rings. The maximum Gasteiger partial charge on any atom is 0.168 e. The van der Waals surface area contributed by atoms with Gasteiger partial charge < -0.3 is 20.4 Å². The Balaban J connectivity index is 1.02. The van der Waals surface area contributed by atoms with Crippen LogP contribution in [0, 0.1) is 11.8 Å². The van der Waals surface area contributed by atoms with Crippen molar-refractivity contribution < 1.29 is 0 Å². The van der Waals surface area contributed by atoms with Gasteiger partial charge in [0, 0.05) is 39.3 Å². The third-order valence-electron chi connectivity index (χ3n) is 8.09. The lowest BCUT2D eigenvalue weighted by molar-refractivity contribution is 0.226. The van der Waals surface area contributed by atoms with Crippen molar-refractivity contribution in [2.24, 2.45) is 11.8 Å². The summed E-state index contributed by atoms with van der Waals surface area (Å²) in [6.45, 7) is 6.25. The van der Waals surface area contributed by atoms with Gasteiger partial charge in [-0.1, -0.05) is 79.9 Å². The van der Waals surface area contributed by atoms with Crippen LogP contribution in [0.1, 0.15) is 56.1 Å². The standard InChI is InChI=1S/C31H44N4S2/c36-30(32-20-14-26-8-3-1-4-9-26)34-22-16-28(17-23-34)12-7-13-29-18-24-35(25-19-29)31(37)33-21-15-27-10-5-2-6-11-27/h1-6,8-11,28-29H,7,12-25H2,(H,32,36)(H,33,37). The first-order chi connectivity index (χ1) is 18.2. The predicted octanol–water partition coefficient (Wildman–Crippen LogP) is 5.82. The summed E-state index contributed by atoms with van der Waals surface area (Å²) in [5.41, 5.74) is 2.72. The molecule has 0 radical (unpaired) electrons. The van der Waals surface area contributed by atoms with Gasteiger partial charge in [0.15, 0.2) is 10.2 Å². The minimum Gasteiger partial charge on any atom is -0.362 e. The molecule has 0 amide bonds. The molecule has 6 heteroatoms. The van der Waals surface area contributed by atoms with Crippen LogP contribution in [0.3, 0.4) is 0 Å². The van der Waals surface area contributed by atoms with E-state index in [0.29, 0.717) is 0 Å². The number of likely N-dealkylation sites (tertiary alicyclic amines) is 2. The number of rotatable bonds is 10. The molecule has 0 bridgehead atoms. The van der Waals surface area contributed by atoms with Crippen molar-refractivity contribution in [3.05, 3.63) is 71.8 Å². The van der Waals surface area contributed by atoms with E-state index in [4.69, 9.17) is 24.4 Å². The lowest BCUT2D eigenvalue weighted by Gasteiger charge is -2.35. The van der Waals surface area contributed by atoms with Crippen molar-refractivity contribution in [3.63, 3.8) is 0 Å². The summed E-state index contributed by atoms with van der Waals surface area (Å²) < 4.78 is 0. The van der Waals surface area contributed by atoms with Crippen LogP contribution in [-0.4, -0.2) is 59.3 Å². The van der Waals surface area contributed by atoms with E-state index in [0.717, 1.165) is 74.2 Å². The number of nitrogens with zero attached hydrogens (tertiary/aromatic N) is 2. The summed E-state index contributed by atoms with van der Waals surface area (Å²) >= 11 is 11.3. The van der Waals surface area contributed by atoms with Gasteiger partial charge in [0.1, 0.15) is 0 Å². The minimum atomic E-state index is 0.866. The van der Waals surface area contributed by atoms with Gasteiger partial charge in [-0.2, -0.15) is 0 Å². The number of thiocarbonyl (C=S) groups is 2. The van der Waals surface area contributed by atoms with E-state index < -0.39 is 0 Å². The summed E-state index contributed by atoms with van der Waals surface area (Å²) in [6, 6.07) is 21.3. The zero-order valence-corrected chi connectivity index (χ0v) is 23.9. The zero-order chi connectivity index (χ0) is 25.7. The van der Waals surface area contributed by atoms with Crippen LogP contribution in [0.15, 0.2) is 60.7 Å². The molecule has 2 aliphatic heterocycles. The molecule has 4 nitrogen and oxygen atoms in total. The molecule has 0 unspecified atom stereocenters. The lowest BCUT2D eigenvalue weighted by atomic mass is 9.87. The van der Waals surface area contributed by atoms with Crippen LogP contribution in [-0.2, 0) is 12.8 Å². The van der Waals surface area contributed by atoms with E-state index in [1.807, 2.05) is 0 Å². The highest BCUT2D eigenvalue weighted by atomic mass is 32.1. The summed E-state index contributed by atoms with van der Waals surface area (Å²) in [4.78, 5) is 4.76. The first-order valence-electron chi connectivity index (χ1n) is 14.3. The van der Waals surface area contributed by atoms with Crippen molar-refractivity contribution in [2.75, 3.05) is 39.3 Å². The zero-order valence-electron chi connectivity index (χ0n) is 22.2. The van der Waals surface area contributed by atoms with Gasteiger partial charge in [0.25, 0.3) is 0 Å². The van der Waals surface area contributed by atoms with Gasteiger partial charge in [-0.3, -0.25) is 0 Å². The normalized spacial score (nSPS) is 17.0. The number of nitrogens with one attached hydrogen (secondary N) is 2. The molecule has 200 valence electrons. The Morgan fingerprint density at radius 2 is 1.00 bits per heavy atom. The molecule has 2 aromatic carbocycles. The minimum absolute atomic E-state index is 0.866. The summed E-state index contributed by atoms with van der Waals surface area (Å²) in [7, 11) is 0. The maximum atomic E-state index is 5.67. The van der Waals surface area contributed by atoms with Gasteiger partial charge in [-0.25, -0.2) is 0 Å². The van der Waals surface area contributed by atoms with Gasteiger partial charge in [-0.05, 0) is 85.9 Å². The molecule has 0 aromatic heterocycles. The number of piperidine rings is 2. The Labute approximate surface area is 235 Å². The smallest absolute Gasteiger partial charge is 0.168 e. The van der Waals surface area contributed by atoms with Gasteiger partial charge in [-0.15, -0.1) is 0 Å². The molecule has 0 aliphatic carbocycles. The fraction of sp³-hybridized carbons (Fsp3) is 0.548. The van der Waals surface area contributed by atoms with E-state index in [1.165, 1.54) is 56.1 Å². The Morgan fingerprint density at radius 3 is 1.38 bits per heavy atom. The summed E-state index contributed by atoms with van der Waals surface area (Å²) in [5.74, 6) is 1.73. The molecular formula is C31H44N4S2. The molecule has 0 atom stereocenters. The second-order valence-corrected chi connectivity index (χ2v) is 11.5. The SMILES string of the molecule is S=C(NCCc1ccccc1)N1CCC(CCCC2CCN(C(=S)NCCc3ccccc3)CC2)CC1. The summed E-state index contributed by atoms with van der Waals surface area (Å²) in [6.07, 6.45) is 11.3.